The quantitative estimate of drug-likeness (QED) is 0.00768. The summed E-state index contributed by atoms with van der Waals surface area (Å²) in [5, 5.41) is 14.1. The predicted molar refractivity (Wildman–Crippen MR) is 297 cm³/mol. The van der Waals surface area contributed by atoms with Crippen molar-refractivity contribution in [1.29, 1.82) is 0 Å². The summed E-state index contributed by atoms with van der Waals surface area (Å²) in [6.45, 7) is 4.89. The number of nitrogens with two attached hydrogens (primary N) is 4. The van der Waals surface area contributed by atoms with Crippen molar-refractivity contribution in [2.24, 2.45) is 38.8 Å². The number of benzene rings is 1. The van der Waals surface area contributed by atoms with Crippen LogP contribution in [-0.2, 0) is 83.4 Å². The molecule has 1 fully saturated rings. The van der Waals surface area contributed by atoms with Gasteiger partial charge in [-0.3, -0.25) is 62.5 Å². The van der Waals surface area contributed by atoms with Gasteiger partial charge in [0.1, 0.15) is 24.2 Å². The van der Waals surface area contributed by atoms with Gasteiger partial charge in [0.2, 0.25) is 47.3 Å². The minimum Gasteiger partial charge on any atom is -0.446 e. The average Bonchev–Trinajstić information content (AvgIpc) is 3.89. The number of rotatable bonds is 41. The lowest BCUT2D eigenvalue weighted by Gasteiger charge is -2.28. The van der Waals surface area contributed by atoms with Gasteiger partial charge in [-0.1, -0.05) is 44.2 Å². The van der Waals surface area contributed by atoms with Gasteiger partial charge in [-0.15, -0.1) is 0 Å². The van der Waals surface area contributed by atoms with Crippen molar-refractivity contribution in [3.8, 4) is 0 Å². The number of Topliss-reactive ketones (excluding diaryl/α,β-unsaturated/α-hetero) is 3. The van der Waals surface area contributed by atoms with Gasteiger partial charge < -0.3 is 73.8 Å². The summed E-state index contributed by atoms with van der Waals surface area (Å²) in [5.41, 5.74) is 22.5. The second kappa shape index (κ2) is 38.0. The van der Waals surface area contributed by atoms with Crippen molar-refractivity contribution in [2.45, 2.75) is 127 Å². The molecule has 0 aromatic heterocycles. The lowest BCUT2D eigenvalue weighted by Crippen LogP contribution is -2.59. The van der Waals surface area contributed by atoms with Crippen LogP contribution in [0.1, 0.15) is 84.1 Å². The zero-order chi connectivity index (χ0) is 60.5. The van der Waals surface area contributed by atoms with E-state index in [1.54, 1.807) is 36.6 Å². The molecule has 2 unspecified atom stereocenters. The fraction of sp³-hybridized carbons (Fsp3) is 0.640. The number of nitrogens with one attached hydrogen (secondary N) is 6. The first-order chi connectivity index (χ1) is 38.3. The van der Waals surface area contributed by atoms with Crippen LogP contribution in [0.2, 0.25) is 0 Å². The van der Waals surface area contributed by atoms with Crippen molar-refractivity contribution in [3.63, 3.8) is 0 Å². The van der Waals surface area contributed by atoms with E-state index in [-0.39, 0.29) is 128 Å². The summed E-state index contributed by atoms with van der Waals surface area (Å²) in [4.78, 5) is 138. The Bertz CT molecular complexity index is 2430. The van der Waals surface area contributed by atoms with Crippen LogP contribution in [0.5, 0.6) is 0 Å². The summed E-state index contributed by atoms with van der Waals surface area (Å²) >= 11 is 1.40. The van der Waals surface area contributed by atoms with Gasteiger partial charge in [-0.2, -0.15) is 20.2 Å². The minimum atomic E-state index is -4.82. The molecule has 0 bridgehead atoms. The van der Waals surface area contributed by atoms with Crippen LogP contribution in [0.4, 0.5) is 0 Å². The number of amides is 6. The highest BCUT2D eigenvalue weighted by molar-refractivity contribution is 7.98. The molecule has 0 heterocycles. The van der Waals surface area contributed by atoms with E-state index in [1.165, 1.54) is 18.7 Å². The lowest BCUT2D eigenvalue weighted by atomic mass is 10.00. The lowest BCUT2D eigenvalue weighted by molar-refractivity contribution is -0.158. The first-order valence-corrected chi connectivity index (χ1v) is 29.1. The van der Waals surface area contributed by atoms with E-state index in [4.69, 9.17) is 46.4 Å². The number of carbonyl (C=O) groups is 10. The van der Waals surface area contributed by atoms with Crippen LogP contribution < -0.4 is 54.8 Å². The normalized spacial score (nSPS) is 15.9. The molecule has 31 heteroatoms. The summed E-state index contributed by atoms with van der Waals surface area (Å²) in [5.74, 6) is -7.57. The molecule has 81 heavy (non-hydrogen) atoms. The first-order valence-electron chi connectivity index (χ1n) is 26.2. The molecule has 6 amide bonds. The molecule has 29 nitrogen and oxygen atoms in total. The Labute approximate surface area is 475 Å². The molecule has 0 spiro atoms. The van der Waals surface area contributed by atoms with E-state index in [9.17, 15) is 56.4 Å². The van der Waals surface area contributed by atoms with Crippen molar-refractivity contribution in [2.75, 3.05) is 71.3 Å². The SMILES string of the molecule is CSCC[C@H](NC(=O)[C@H](CCCN=C(N)N)NC(=O)CNC(=O)CCOCCOCCOCCC(=O)OC1C(=O)CC(S(=O)(=O)O)C1=O)C(=O)N[C@@H](CC(C)C)C(=O)N[C@@H](Cc1ccccc1)C(=O)N[C@@H](CCCN=C(N)N)C(C)=O. The van der Waals surface area contributed by atoms with Crippen molar-refractivity contribution >= 4 is 92.6 Å². The maximum absolute atomic E-state index is 14.2. The molecular formula is C50H80N12O17S2. The third-order valence-electron chi connectivity index (χ3n) is 11.8. The highest BCUT2D eigenvalue weighted by Gasteiger charge is 2.49. The largest absolute Gasteiger partial charge is 0.446 e. The number of guanidine groups is 2. The maximum Gasteiger partial charge on any atom is 0.309 e. The molecule has 1 aliphatic carbocycles. The van der Waals surface area contributed by atoms with Gasteiger partial charge in [0.25, 0.3) is 10.1 Å². The van der Waals surface area contributed by atoms with E-state index >= 15 is 0 Å². The van der Waals surface area contributed by atoms with Gasteiger partial charge in [0.05, 0.1) is 58.6 Å². The maximum atomic E-state index is 14.2. The van der Waals surface area contributed by atoms with Crippen LogP contribution in [0.3, 0.4) is 0 Å². The van der Waals surface area contributed by atoms with E-state index in [0.29, 0.717) is 17.7 Å². The first kappa shape index (κ1) is 70.3. The highest BCUT2D eigenvalue weighted by Crippen LogP contribution is 2.22. The van der Waals surface area contributed by atoms with Crippen LogP contribution in [0.25, 0.3) is 0 Å². The zero-order valence-corrected chi connectivity index (χ0v) is 47.8. The molecule has 1 aromatic rings. The van der Waals surface area contributed by atoms with Gasteiger partial charge in [-0.05, 0) is 68.9 Å². The number of aliphatic imine (C=N–C) groups is 2. The number of hydrogen-bond donors (Lipinski definition) is 11. The minimum absolute atomic E-state index is 0.0108. The molecule has 454 valence electrons. The van der Waals surface area contributed by atoms with Crippen LogP contribution in [-0.4, -0.2) is 196 Å². The Morgan fingerprint density at radius 3 is 1.70 bits per heavy atom. The van der Waals surface area contributed by atoms with Gasteiger partial charge in [0, 0.05) is 32.4 Å². The van der Waals surface area contributed by atoms with Crippen molar-refractivity contribution < 1.29 is 79.9 Å². The highest BCUT2D eigenvalue weighted by atomic mass is 32.2. The van der Waals surface area contributed by atoms with Gasteiger partial charge in [0.15, 0.2) is 28.7 Å². The molecule has 15 N–H and O–H groups in total. The molecule has 1 aliphatic rings. The number of esters is 1. The molecule has 0 radical (unpaired) electrons. The number of nitrogens with zero attached hydrogens (tertiary/aromatic N) is 2. The van der Waals surface area contributed by atoms with Gasteiger partial charge in [-0.25, -0.2) is 0 Å². The smallest absolute Gasteiger partial charge is 0.309 e. The third-order valence-corrected chi connectivity index (χ3v) is 13.6. The number of ether oxygens (including phenoxy) is 4. The average molecular weight is 1190 g/mol. The van der Waals surface area contributed by atoms with Crippen LogP contribution in [0.15, 0.2) is 40.3 Å². The number of carbonyl (C=O) groups excluding carboxylic acids is 10. The van der Waals surface area contributed by atoms with Crippen LogP contribution >= 0.6 is 11.8 Å². The van der Waals surface area contributed by atoms with Crippen LogP contribution in [0, 0.1) is 5.92 Å². The molecular weight excluding hydrogens is 1100 g/mol. The Balaban J connectivity index is 1.98. The fourth-order valence-corrected chi connectivity index (χ4v) is 8.93. The third kappa shape index (κ3) is 29.5. The number of hydrogen-bond acceptors (Lipinski definition) is 19. The Morgan fingerprint density at radius 2 is 1.17 bits per heavy atom. The van der Waals surface area contributed by atoms with Crippen molar-refractivity contribution in [1.82, 2.24) is 31.9 Å². The summed E-state index contributed by atoms with van der Waals surface area (Å²) < 4.78 is 52.4. The van der Waals surface area contributed by atoms with Crippen molar-refractivity contribution in [3.05, 3.63) is 35.9 Å². The van der Waals surface area contributed by atoms with Gasteiger partial charge >= 0.3 is 5.97 Å². The Kier molecular flexibility index (Phi) is 33.0. The summed E-state index contributed by atoms with van der Waals surface area (Å²) in [6.07, 6.45) is -0.283. The standard InChI is InChI=1S/C50H80N12O17S2/c1-30(2)26-36(47(71)62-37(27-32-10-6-5-7-11-32)48(72)59-33(31(3)63)12-8-17-55-49(51)52)61-46(70)35(16-25-80-4)60-45(69)34(13-9-18-56-50(53)54)58-41(66)29-57-40(65)14-19-76-21-23-78-24-22-77-20-15-42(67)79-44-38(64)28-39(43(44)68)81(73,74)75/h5-7,10-11,30,33-37,39,44H,8-9,12-29H2,1-4H3,(H,57,65)(H,58,66)(H,59,72)(H,60,69)(H,61,70)(H,62,71)(H4,51,52,55)(H4,53,54,56)(H,73,74,75)/t33-,34-,35-,36-,37-,39?,44?/m0/s1. The van der Waals surface area contributed by atoms with E-state index < -0.39 is 118 Å². The molecule has 0 aliphatic heterocycles. The number of ketones is 3. The molecule has 2 rings (SSSR count). The second-order valence-electron chi connectivity index (χ2n) is 19.0. The predicted octanol–water partition coefficient (Wildman–Crippen LogP) is -3.20. The molecule has 0 saturated heterocycles. The topological polar surface area (TPSA) is 463 Å². The Morgan fingerprint density at radius 1 is 0.679 bits per heavy atom. The molecule has 1 saturated carbocycles. The zero-order valence-electron chi connectivity index (χ0n) is 46.1. The van der Waals surface area contributed by atoms with E-state index in [1.807, 2.05) is 13.8 Å². The molecule has 7 atom stereocenters. The second-order valence-corrected chi connectivity index (χ2v) is 21.6. The molecule has 1 aromatic carbocycles. The summed E-state index contributed by atoms with van der Waals surface area (Å²) in [7, 11) is -4.82. The fourth-order valence-electron chi connectivity index (χ4n) is 7.67. The summed E-state index contributed by atoms with van der Waals surface area (Å²) in [6, 6.07) is 3.18. The van der Waals surface area contributed by atoms with E-state index in [2.05, 4.69) is 41.9 Å². The Hall–Kier alpha value is -6.80. The van der Waals surface area contributed by atoms with E-state index in [0.717, 1.165) is 0 Å². The monoisotopic (exact) mass is 1180 g/mol. The number of thioether (sulfide) groups is 1.